The summed E-state index contributed by atoms with van der Waals surface area (Å²) in [6, 6.07) is 6.11. The predicted molar refractivity (Wildman–Crippen MR) is 51.6 cm³/mol. The van der Waals surface area contributed by atoms with Crippen LogP contribution in [0.4, 0.5) is 0 Å². The first-order chi connectivity index (χ1) is 6.40. The minimum Gasteiger partial charge on any atom is -0.443 e. The minimum atomic E-state index is 0.855. The molecular weight excluding hydrogens is 164 g/mol. The standard InChI is InChI=1S/C10H12N2O/c1-11-5-4-8-2-3-10-9(6-8)12-7-13-10/h2-3,6-7,11H,4-5H2,1H3. The smallest absolute Gasteiger partial charge is 0.181 e. The summed E-state index contributed by atoms with van der Waals surface area (Å²) in [6.07, 6.45) is 2.51. The first-order valence-corrected chi connectivity index (χ1v) is 4.37. The van der Waals surface area contributed by atoms with Crippen LogP contribution < -0.4 is 5.32 Å². The fourth-order valence-corrected chi connectivity index (χ4v) is 1.33. The number of oxazole rings is 1. The van der Waals surface area contributed by atoms with E-state index in [1.54, 1.807) is 0 Å². The van der Waals surface area contributed by atoms with Gasteiger partial charge in [-0.1, -0.05) is 6.07 Å². The summed E-state index contributed by atoms with van der Waals surface area (Å²) in [6.45, 7) is 0.989. The van der Waals surface area contributed by atoms with Crippen molar-refractivity contribution in [1.82, 2.24) is 10.3 Å². The molecule has 0 unspecified atom stereocenters. The molecule has 0 spiro atoms. The molecule has 2 rings (SSSR count). The van der Waals surface area contributed by atoms with E-state index in [-0.39, 0.29) is 0 Å². The number of aromatic nitrogens is 1. The van der Waals surface area contributed by atoms with Crippen LogP contribution in [0.2, 0.25) is 0 Å². The van der Waals surface area contributed by atoms with Crippen LogP contribution in [-0.4, -0.2) is 18.6 Å². The maximum absolute atomic E-state index is 5.15. The van der Waals surface area contributed by atoms with Crippen molar-refractivity contribution in [2.24, 2.45) is 0 Å². The van der Waals surface area contributed by atoms with Gasteiger partial charge in [-0.2, -0.15) is 0 Å². The maximum Gasteiger partial charge on any atom is 0.181 e. The van der Waals surface area contributed by atoms with E-state index in [9.17, 15) is 0 Å². The molecule has 0 aliphatic rings. The van der Waals surface area contributed by atoms with E-state index in [0.717, 1.165) is 24.1 Å². The second-order valence-corrected chi connectivity index (χ2v) is 3.01. The molecule has 13 heavy (non-hydrogen) atoms. The number of fused-ring (bicyclic) bond motifs is 1. The van der Waals surface area contributed by atoms with Crippen molar-refractivity contribution in [1.29, 1.82) is 0 Å². The van der Waals surface area contributed by atoms with Gasteiger partial charge in [0.2, 0.25) is 0 Å². The summed E-state index contributed by atoms with van der Waals surface area (Å²) in [5.74, 6) is 0. The Kier molecular flexibility index (Phi) is 2.27. The summed E-state index contributed by atoms with van der Waals surface area (Å²) in [7, 11) is 1.95. The van der Waals surface area contributed by atoms with Gasteiger partial charge >= 0.3 is 0 Å². The van der Waals surface area contributed by atoms with E-state index in [4.69, 9.17) is 4.42 Å². The highest BCUT2D eigenvalue weighted by atomic mass is 16.3. The predicted octanol–water partition coefficient (Wildman–Crippen LogP) is 1.59. The number of nitrogens with zero attached hydrogens (tertiary/aromatic N) is 1. The van der Waals surface area contributed by atoms with Crippen LogP contribution in [-0.2, 0) is 6.42 Å². The van der Waals surface area contributed by atoms with Crippen LogP contribution in [0, 0.1) is 0 Å². The van der Waals surface area contributed by atoms with E-state index in [1.165, 1.54) is 12.0 Å². The molecule has 1 aromatic heterocycles. The Hall–Kier alpha value is -1.35. The highest BCUT2D eigenvalue weighted by Gasteiger charge is 1.98. The number of benzene rings is 1. The van der Waals surface area contributed by atoms with E-state index < -0.39 is 0 Å². The van der Waals surface area contributed by atoms with E-state index in [2.05, 4.69) is 22.4 Å². The van der Waals surface area contributed by atoms with Crippen molar-refractivity contribution in [3.63, 3.8) is 0 Å². The summed E-state index contributed by atoms with van der Waals surface area (Å²) < 4.78 is 5.15. The van der Waals surface area contributed by atoms with Crippen molar-refractivity contribution in [2.75, 3.05) is 13.6 Å². The molecule has 0 aliphatic carbocycles. The van der Waals surface area contributed by atoms with Gasteiger partial charge in [0.25, 0.3) is 0 Å². The fourth-order valence-electron chi connectivity index (χ4n) is 1.33. The monoisotopic (exact) mass is 176 g/mol. The van der Waals surface area contributed by atoms with Gasteiger partial charge in [-0.25, -0.2) is 4.98 Å². The Morgan fingerprint density at radius 2 is 2.38 bits per heavy atom. The normalized spacial score (nSPS) is 10.8. The molecule has 1 heterocycles. The molecule has 0 fully saturated rings. The third-order valence-electron chi connectivity index (χ3n) is 2.06. The number of hydrogen-bond acceptors (Lipinski definition) is 3. The molecule has 2 aromatic rings. The van der Waals surface area contributed by atoms with Gasteiger partial charge in [0.1, 0.15) is 5.52 Å². The minimum absolute atomic E-state index is 0.855. The van der Waals surface area contributed by atoms with Crippen molar-refractivity contribution >= 4 is 11.1 Å². The Morgan fingerprint density at radius 1 is 1.46 bits per heavy atom. The first kappa shape index (κ1) is 8.26. The quantitative estimate of drug-likeness (QED) is 0.771. The third-order valence-corrected chi connectivity index (χ3v) is 2.06. The molecule has 0 saturated carbocycles. The molecule has 0 saturated heterocycles. The zero-order valence-electron chi connectivity index (χ0n) is 7.58. The van der Waals surface area contributed by atoms with E-state index in [1.807, 2.05) is 13.1 Å². The second-order valence-electron chi connectivity index (χ2n) is 3.01. The molecule has 0 amide bonds. The zero-order valence-corrected chi connectivity index (χ0v) is 7.58. The summed E-state index contributed by atoms with van der Waals surface area (Å²) in [5.41, 5.74) is 3.08. The average molecular weight is 176 g/mol. The lowest BCUT2D eigenvalue weighted by atomic mass is 10.1. The highest BCUT2D eigenvalue weighted by molar-refractivity contribution is 5.72. The van der Waals surface area contributed by atoms with Gasteiger partial charge in [-0.15, -0.1) is 0 Å². The van der Waals surface area contributed by atoms with Gasteiger partial charge in [0.05, 0.1) is 0 Å². The molecule has 3 heteroatoms. The van der Waals surface area contributed by atoms with Crippen LogP contribution in [0.15, 0.2) is 29.0 Å². The summed E-state index contributed by atoms with van der Waals surface area (Å²) in [4.78, 5) is 4.10. The molecule has 68 valence electrons. The van der Waals surface area contributed by atoms with Crippen LogP contribution in [0.3, 0.4) is 0 Å². The lowest BCUT2D eigenvalue weighted by molar-refractivity contribution is 0.602. The maximum atomic E-state index is 5.15. The lowest BCUT2D eigenvalue weighted by Crippen LogP contribution is -2.10. The summed E-state index contributed by atoms with van der Waals surface area (Å²) >= 11 is 0. The van der Waals surface area contributed by atoms with Crippen LogP contribution in [0.5, 0.6) is 0 Å². The molecule has 1 N–H and O–H groups in total. The SMILES string of the molecule is CNCCc1ccc2ocnc2c1. The number of likely N-dealkylation sites (N-methyl/N-ethyl adjacent to an activating group) is 1. The van der Waals surface area contributed by atoms with E-state index >= 15 is 0 Å². The second kappa shape index (κ2) is 3.58. The summed E-state index contributed by atoms with van der Waals surface area (Å²) in [5, 5.41) is 3.11. The van der Waals surface area contributed by atoms with Crippen molar-refractivity contribution in [2.45, 2.75) is 6.42 Å². The number of rotatable bonds is 3. The van der Waals surface area contributed by atoms with Crippen LogP contribution in [0.25, 0.3) is 11.1 Å². The van der Waals surface area contributed by atoms with Gasteiger partial charge in [0.15, 0.2) is 12.0 Å². The molecule has 3 nitrogen and oxygen atoms in total. The lowest BCUT2D eigenvalue weighted by Gasteiger charge is -1.99. The Balaban J connectivity index is 2.26. The van der Waals surface area contributed by atoms with Gasteiger partial charge < -0.3 is 9.73 Å². The first-order valence-electron chi connectivity index (χ1n) is 4.37. The topological polar surface area (TPSA) is 38.1 Å². The molecule has 0 aliphatic heterocycles. The van der Waals surface area contributed by atoms with Crippen molar-refractivity contribution in [3.05, 3.63) is 30.2 Å². The van der Waals surface area contributed by atoms with Gasteiger partial charge in [-0.3, -0.25) is 0 Å². The Labute approximate surface area is 76.8 Å². The average Bonchev–Trinajstić information content (AvgIpc) is 2.61. The molecular formula is C10H12N2O. The van der Waals surface area contributed by atoms with Gasteiger partial charge in [0, 0.05) is 0 Å². The molecule has 0 atom stereocenters. The molecule has 1 aromatic carbocycles. The Bertz CT molecular complexity index is 394. The van der Waals surface area contributed by atoms with Crippen molar-refractivity contribution in [3.8, 4) is 0 Å². The van der Waals surface area contributed by atoms with Crippen LogP contribution >= 0.6 is 0 Å². The van der Waals surface area contributed by atoms with E-state index in [0.29, 0.717) is 0 Å². The van der Waals surface area contributed by atoms with Crippen LogP contribution in [0.1, 0.15) is 5.56 Å². The fraction of sp³-hybridized carbons (Fsp3) is 0.300. The van der Waals surface area contributed by atoms with Crippen molar-refractivity contribution < 1.29 is 4.42 Å². The highest BCUT2D eigenvalue weighted by Crippen LogP contribution is 2.13. The Morgan fingerprint density at radius 3 is 3.23 bits per heavy atom. The third kappa shape index (κ3) is 1.70. The van der Waals surface area contributed by atoms with Gasteiger partial charge in [-0.05, 0) is 37.7 Å². The molecule has 0 bridgehead atoms. The zero-order chi connectivity index (χ0) is 9.10. The number of nitrogens with one attached hydrogen (secondary N) is 1. The number of hydrogen-bond donors (Lipinski definition) is 1. The molecule has 0 radical (unpaired) electrons. The largest absolute Gasteiger partial charge is 0.443 e.